The van der Waals surface area contributed by atoms with Crippen molar-refractivity contribution >= 4 is 5.91 Å². The minimum Gasteiger partial charge on any atom is -0.394 e. The highest BCUT2D eigenvalue weighted by atomic mass is 16.5. The number of likely N-dealkylation sites (tertiary alicyclic amines) is 2. The van der Waals surface area contributed by atoms with E-state index in [0.29, 0.717) is 25.0 Å². The van der Waals surface area contributed by atoms with E-state index in [1.807, 2.05) is 0 Å². The molecule has 116 valence electrons. The number of ether oxygens (including phenoxy) is 1. The third-order valence-electron chi connectivity index (χ3n) is 4.39. The van der Waals surface area contributed by atoms with Gasteiger partial charge in [-0.1, -0.05) is 0 Å². The molecular weight excluding hydrogens is 256 g/mol. The molecule has 0 bridgehead atoms. The maximum absolute atomic E-state index is 11.8. The summed E-state index contributed by atoms with van der Waals surface area (Å²) in [6.45, 7) is 6.34. The number of aliphatic hydroxyl groups is 1. The van der Waals surface area contributed by atoms with Crippen molar-refractivity contribution in [2.45, 2.75) is 32.1 Å². The monoisotopic (exact) mass is 284 g/mol. The second-order valence-electron chi connectivity index (χ2n) is 5.92. The Morgan fingerprint density at radius 2 is 1.95 bits per heavy atom. The van der Waals surface area contributed by atoms with Crippen LogP contribution in [0.3, 0.4) is 0 Å². The van der Waals surface area contributed by atoms with E-state index in [-0.39, 0.29) is 6.61 Å². The molecule has 0 aromatic heterocycles. The van der Waals surface area contributed by atoms with Gasteiger partial charge in [0.2, 0.25) is 5.91 Å². The highest BCUT2D eigenvalue weighted by molar-refractivity contribution is 5.76. The van der Waals surface area contributed by atoms with Gasteiger partial charge in [0.25, 0.3) is 0 Å². The molecule has 0 saturated carbocycles. The van der Waals surface area contributed by atoms with Crippen molar-refractivity contribution in [2.75, 3.05) is 52.5 Å². The number of piperidine rings is 2. The Morgan fingerprint density at radius 1 is 1.15 bits per heavy atom. The van der Waals surface area contributed by atoms with Crippen molar-refractivity contribution < 1.29 is 14.6 Å². The van der Waals surface area contributed by atoms with Gasteiger partial charge in [0.15, 0.2) is 0 Å². The number of hydrogen-bond donors (Lipinski definition) is 1. The molecule has 5 heteroatoms. The number of carbonyl (C=O) groups excluding carboxylic acids is 1. The molecule has 5 nitrogen and oxygen atoms in total. The summed E-state index contributed by atoms with van der Waals surface area (Å²) in [7, 11) is 0. The smallest absolute Gasteiger partial charge is 0.222 e. The first-order chi connectivity index (χ1) is 9.79. The van der Waals surface area contributed by atoms with E-state index in [0.717, 1.165) is 45.6 Å². The first kappa shape index (κ1) is 15.7. The fourth-order valence-corrected chi connectivity index (χ4v) is 3.12. The van der Waals surface area contributed by atoms with Crippen LogP contribution in [0.5, 0.6) is 0 Å². The summed E-state index contributed by atoms with van der Waals surface area (Å²) >= 11 is 0. The lowest BCUT2D eigenvalue weighted by molar-refractivity contribution is -0.134. The molecule has 0 radical (unpaired) electrons. The van der Waals surface area contributed by atoms with Crippen molar-refractivity contribution in [3.63, 3.8) is 0 Å². The van der Waals surface area contributed by atoms with Crippen molar-refractivity contribution in [1.82, 2.24) is 9.80 Å². The molecule has 2 saturated heterocycles. The molecule has 2 aliphatic rings. The predicted molar refractivity (Wildman–Crippen MR) is 77.5 cm³/mol. The van der Waals surface area contributed by atoms with E-state index in [1.165, 1.54) is 19.3 Å². The quantitative estimate of drug-likeness (QED) is 0.700. The highest BCUT2D eigenvalue weighted by Gasteiger charge is 2.24. The lowest BCUT2D eigenvalue weighted by Gasteiger charge is -2.36. The Kier molecular flexibility index (Phi) is 6.76. The molecule has 0 aliphatic carbocycles. The number of rotatable bonds is 7. The highest BCUT2D eigenvalue weighted by Crippen LogP contribution is 2.20. The second kappa shape index (κ2) is 8.60. The van der Waals surface area contributed by atoms with Gasteiger partial charge >= 0.3 is 0 Å². The van der Waals surface area contributed by atoms with Crippen LogP contribution in [-0.2, 0) is 9.53 Å². The molecule has 0 aromatic carbocycles. The molecule has 0 aromatic rings. The summed E-state index contributed by atoms with van der Waals surface area (Å²) < 4.78 is 5.30. The first-order valence-electron chi connectivity index (χ1n) is 7.98. The average molecular weight is 284 g/mol. The van der Waals surface area contributed by atoms with Gasteiger partial charge < -0.3 is 19.6 Å². The van der Waals surface area contributed by atoms with Crippen molar-refractivity contribution in [3.05, 3.63) is 0 Å². The zero-order valence-electron chi connectivity index (χ0n) is 12.4. The molecule has 0 unspecified atom stereocenters. The molecule has 0 spiro atoms. The summed E-state index contributed by atoms with van der Waals surface area (Å²) in [4.78, 5) is 16.3. The molecule has 2 rings (SSSR count). The summed E-state index contributed by atoms with van der Waals surface area (Å²) in [5, 5.41) is 8.64. The Balaban J connectivity index is 1.60. The van der Waals surface area contributed by atoms with Crippen LogP contribution in [0.2, 0.25) is 0 Å². The van der Waals surface area contributed by atoms with Crippen LogP contribution in [0.1, 0.15) is 32.1 Å². The molecule has 2 aliphatic heterocycles. The van der Waals surface area contributed by atoms with Crippen LogP contribution in [0.25, 0.3) is 0 Å². The van der Waals surface area contributed by atoms with Crippen LogP contribution >= 0.6 is 0 Å². The fourth-order valence-electron chi connectivity index (χ4n) is 3.12. The van der Waals surface area contributed by atoms with E-state index in [2.05, 4.69) is 9.80 Å². The van der Waals surface area contributed by atoms with E-state index in [9.17, 15) is 4.79 Å². The number of nitrogens with zero attached hydrogens (tertiary/aromatic N) is 2. The van der Waals surface area contributed by atoms with Gasteiger partial charge in [-0.25, -0.2) is 0 Å². The fraction of sp³-hybridized carbons (Fsp3) is 0.933. The zero-order valence-corrected chi connectivity index (χ0v) is 12.4. The van der Waals surface area contributed by atoms with Crippen molar-refractivity contribution in [1.29, 1.82) is 0 Å². The van der Waals surface area contributed by atoms with Gasteiger partial charge in [-0.15, -0.1) is 0 Å². The molecular formula is C15H28N2O3. The number of amides is 1. The van der Waals surface area contributed by atoms with Gasteiger partial charge in [-0.05, 0) is 44.7 Å². The summed E-state index contributed by atoms with van der Waals surface area (Å²) in [6.07, 6.45) is 5.36. The molecule has 2 fully saturated rings. The van der Waals surface area contributed by atoms with Gasteiger partial charge in [-0.3, -0.25) is 4.79 Å². The Hall–Kier alpha value is -0.650. The maximum atomic E-state index is 11.8. The average Bonchev–Trinajstić information content (AvgIpc) is 2.48. The van der Waals surface area contributed by atoms with Crippen LogP contribution in [0, 0.1) is 5.92 Å². The first-order valence-corrected chi connectivity index (χ1v) is 7.98. The van der Waals surface area contributed by atoms with E-state index < -0.39 is 0 Å². The zero-order chi connectivity index (χ0) is 14.2. The third-order valence-corrected chi connectivity index (χ3v) is 4.39. The maximum Gasteiger partial charge on any atom is 0.222 e. The number of carbonyl (C=O) groups is 1. The Labute approximate surface area is 121 Å². The van der Waals surface area contributed by atoms with Crippen molar-refractivity contribution in [2.24, 2.45) is 5.92 Å². The van der Waals surface area contributed by atoms with Crippen LogP contribution < -0.4 is 0 Å². The van der Waals surface area contributed by atoms with Crippen LogP contribution in [0.4, 0.5) is 0 Å². The summed E-state index contributed by atoms with van der Waals surface area (Å²) in [5.74, 6) is 1.03. The topological polar surface area (TPSA) is 53.0 Å². The normalized spacial score (nSPS) is 22.4. The van der Waals surface area contributed by atoms with Gasteiger partial charge in [0.05, 0.1) is 19.8 Å². The van der Waals surface area contributed by atoms with Gasteiger partial charge in [0, 0.05) is 26.1 Å². The Bertz CT molecular complexity index is 291. The number of aliphatic hydroxyl groups excluding tert-OH is 1. The summed E-state index contributed by atoms with van der Waals surface area (Å²) in [5.41, 5.74) is 0. The van der Waals surface area contributed by atoms with E-state index in [1.54, 1.807) is 0 Å². The second-order valence-corrected chi connectivity index (χ2v) is 5.92. The van der Waals surface area contributed by atoms with E-state index >= 15 is 0 Å². The SMILES string of the molecule is O=C1CCCCN1CC1CCN(CCOCCO)CC1. The van der Waals surface area contributed by atoms with Crippen LogP contribution in [0.15, 0.2) is 0 Å². The predicted octanol–water partition coefficient (Wildman–Crippen LogP) is 0.720. The standard InChI is InChI=1S/C15H28N2O3/c18-10-12-20-11-9-16-7-4-14(5-8-16)13-17-6-2-1-3-15(17)19/h14,18H,1-13H2. The minimum absolute atomic E-state index is 0.103. The van der Waals surface area contributed by atoms with Crippen LogP contribution in [-0.4, -0.2) is 73.4 Å². The number of hydrogen-bond acceptors (Lipinski definition) is 4. The lowest BCUT2D eigenvalue weighted by Crippen LogP contribution is -2.43. The third kappa shape index (κ3) is 5.04. The molecule has 0 atom stereocenters. The van der Waals surface area contributed by atoms with Gasteiger partial charge in [0.1, 0.15) is 0 Å². The van der Waals surface area contributed by atoms with Crippen molar-refractivity contribution in [3.8, 4) is 0 Å². The molecule has 2 heterocycles. The largest absolute Gasteiger partial charge is 0.394 e. The molecule has 20 heavy (non-hydrogen) atoms. The van der Waals surface area contributed by atoms with Gasteiger partial charge in [-0.2, -0.15) is 0 Å². The lowest BCUT2D eigenvalue weighted by atomic mass is 9.95. The molecule has 1 amide bonds. The summed E-state index contributed by atoms with van der Waals surface area (Å²) in [6, 6.07) is 0. The van der Waals surface area contributed by atoms with E-state index in [4.69, 9.17) is 9.84 Å². The molecule has 1 N–H and O–H groups in total. The Morgan fingerprint density at radius 3 is 2.65 bits per heavy atom. The minimum atomic E-state index is 0.103.